The maximum absolute atomic E-state index is 12.2. The van der Waals surface area contributed by atoms with Gasteiger partial charge in [-0.05, 0) is 91.0 Å². The molecular formula is C44H56IrNO2-. The summed E-state index contributed by atoms with van der Waals surface area (Å²) in [6.07, 6.45) is 15.7. The summed E-state index contributed by atoms with van der Waals surface area (Å²) >= 11 is 0. The maximum atomic E-state index is 12.2. The Morgan fingerprint density at radius 3 is 2.00 bits per heavy atom. The molecule has 1 N–H and O–H groups in total. The van der Waals surface area contributed by atoms with E-state index in [1.807, 2.05) is 6.07 Å². The van der Waals surface area contributed by atoms with Crippen molar-refractivity contribution in [3.8, 4) is 11.3 Å². The van der Waals surface area contributed by atoms with E-state index in [0.29, 0.717) is 5.76 Å². The molecule has 0 spiro atoms. The minimum atomic E-state index is 0. The van der Waals surface area contributed by atoms with Crippen LogP contribution in [0, 0.1) is 35.7 Å². The molecule has 7 rings (SSSR count). The number of aromatic nitrogens is 1. The monoisotopic (exact) mass is 823 g/mol. The van der Waals surface area contributed by atoms with Crippen molar-refractivity contribution < 1.29 is 30.0 Å². The largest absolute Gasteiger partial charge is 0.512 e. The third-order valence-corrected chi connectivity index (χ3v) is 11.3. The predicted molar refractivity (Wildman–Crippen MR) is 199 cm³/mol. The van der Waals surface area contributed by atoms with Crippen LogP contribution in [-0.4, -0.2) is 15.9 Å². The first kappa shape index (κ1) is 38.0. The summed E-state index contributed by atoms with van der Waals surface area (Å²) in [5.74, 6) is 4.09. The molecule has 3 aliphatic rings. The van der Waals surface area contributed by atoms with Gasteiger partial charge in [-0.2, -0.15) is 0 Å². The second-order valence-corrected chi connectivity index (χ2v) is 14.9. The molecule has 0 bridgehead atoms. The van der Waals surface area contributed by atoms with Crippen LogP contribution in [0.25, 0.3) is 32.9 Å². The van der Waals surface area contributed by atoms with E-state index in [2.05, 4.69) is 87.5 Å². The number of carbonyl (C=O) groups excluding carboxylic acids is 1. The van der Waals surface area contributed by atoms with Crippen LogP contribution in [0.4, 0.5) is 0 Å². The van der Waals surface area contributed by atoms with E-state index < -0.39 is 0 Å². The number of aliphatic hydroxyl groups is 1. The number of hydrogen-bond acceptors (Lipinski definition) is 3. The number of allylic oxidation sites excluding steroid dienone is 2. The van der Waals surface area contributed by atoms with E-state index in [-0.39, 0.29) is 45.2 Å². The molecule has 0 aliphatic heterocycles. The van der Waals surface area contributed by atoms with Gasteiger partial charge in [0.15, 0.2) is 5.78 Å². The van der Waals surface area contributed by atoms with Crippen molar-refractivity contribution >= 4 is 27.5 Å². The van der Waals surface area contributed by atoms with Gasteiger partial charge >= 0.3 is 0 Å². The smallest absolute Gasteiger partial charge is 0.162 e. The molecule has 0 atom stereocenters. The molecule has 3 aliphatic carbocycles. The molecule has 4 aromatic rings. The zero-order chi connectivity index (χ0) is 32.0. The van der Waals surface area contributed by atoms with Crippen LogP contribution in [0.2, 0.25) is 0 Å². The van der Waals surface area contributed by atoms with Crippen molar-refractivity contribution in [2.45, 2.75) is 111 Å². The quantitative estimate of drug-likeness (QED) is 0.124. The van der Waals surface area contributed by atoms with Gasteiger partial charge in [0.2, 0.25) is 0 Å². The molecule has 48 heavy (non-hydrogen) atoms. The molecule has 4 heteroatoms. The molecule has 1 heterocycles. The van der Waals surface area contributed by atoms with Gasteiger partial charge < -0.3 is 5.11 Å². The minimum absolute atomic E-state index is 0. The Labute approximate surface area is 303 Å². The normalized spacial score (nSPS) is 26.0. The molecular weight excluding hydrogens is 767 g/mol. The van der Waals surface area contributed by atoms with Crippen molar-refractivity contribution in [1.29, 1.82) is 0 Å². The molecule has 3 nitrogen and oxygen atoms in total. The molecule has 259 valence electrons. The first-order valence-electron chi connectivity index (χ1n) is 18.1. The van der Waals surface area contributed by atoms with Crippen LogP contribution in [0.1, 0.15) is 117 Å². The van der Waals surface area contributed by atoms with Crippen LogP contribution in [0.3, 0.4) is 0 Å². The Balaban J connectivity index is 0.000000221. The summed E-state index contributed by atoms with van der Waals surface area (Å²) in [5, 5.41) is 13.8. The van der Waals surface area contributed by atoms with Crippen LogP contribution in [-0.2, 0) is 24.9 Å². The van der Waals surface area contributed by atoms with Gasteiger partial charge in [-0.15, -0.1) is 29.1 Å². The summed E-state index contributed by atoms with van der Waals surface area (Å²) in [6, 6.07) is 27.2. The van der Waals surface area contributed by atoms with E-state index >= 15 is 0 Å². The third-order valence-electron chi connectivity index (χ3n) is 11.3. The number of carbonyl (C=O) groups is 1. The second kappa shape index (κ2) is 17.7. The Morgan fingerprint density at radius 1 is 0.729 bits per heavy atom. The number of rotatable bonds is 5. The number of ketones is 1. The Morgan fingerprint density at radius 2 is 1.33 bits per heavy atom. The molecule has 1 radical (unpaired) electrons. The van der Waals surface area contributed by atoms with Crippen molar-refractivity contribution in [1.82, 2.24) is 4.98 Å². The van der Waals surface area contributed by atoms with Crippen LogP contribution in [0.5, 0.6) is 0 Å². The molecule has 0 saturated heterocycles. The van der Waals surface area contributed by atoms with Gasteiger partial charge in [0.05, 0.1) is 11.3 Å². The molecule has 1 aromatic heterocycles. The standard InChI is InChI=1S/C26H24N.C17H28O2.CH4.Ir/c1-18-9-11-19(12-10-18)21-13-15-25-22(17-21)14-16-26(27-25)24-8-4-6-20-5-2-3-7-23(20)24;1-12-3-7-14(8-4-12)16(18)11-17(19)15-9-5-13(2)6-10-15;;/h2-7,13-19H,9-12H2,1H3;11-15,18H,3-10H2,1-2H3;1H4;/q-1;;;. The van der Waals surface area contributed by atoms with Gasteiger partial charge in [0.25, 0.3) is 0 Å². The zero-order valence-electron chi connectivity index (χ0n) is 28.5. The SMILES string of the molecule is C.CC1CCC(C(=O)C=C(O)C2CCC(C)CC2)CC1.CC1CCC(c2ccc3nc(-c4[c-]ccc5ccccc45)ccc3c2)CC1.[Ir]. The van der Waals surface area contributed by atoms with Crippen LogP contribution >= 0.6 is 0 Å². The number of nitrogens with zero attached hydrogens (tertiary/aromatic N) is 1. The van der Waals surface area contributed by atoms with Gasteiger partial charge in [-0.1, -0.05) is 115 Å². The molecule has 3 fully saturated rings. The number of aliphatic hydroxyl groups excluding tert-OH is 1. The first-order valence-corrected chi connectivity index (χ1v) is 18.1. The van der Waals surface area contributed by atoms with Gasteiger partial charge in [0, 0.05) is 38.0 Å². The van der Waals surface area contributed by atoms with E-state index in [4.69, 9.17) is 4.98 Å². The number of hydrogen-bond donors (Lipinski definition) is 1. The van der Waals surface area contributed by atoms with E-state index in [0.717, 1.165) is 79.0 Å². The van der Waals surface area contributed by atoms with Gasteiger partial charge in [0.1, 0.15) is 0 Å². The first-order chi connectivity index (χ1) is 22.3. The summed E-state index contributed by atoms with van der Waals surface area (Å²) in [7, 11) is 0. The summed E-state index contributed by atoms with van der Waals surface area (Å²) in [5.41, 5.74) is 4.64. The summed E-state index contributed by atoms with van der Waals surface area (Å²) < 4.78 is 0. The molecule has 0 amide bonds. The number of pyridine rings is 1. The van der Waals surface area contributed by atoms with Crippen molar-refractivity contribution in [3.05, 3.63) is 90.2 Å². The van der Waals surface area contributed by atoms with Crippen molar-refractivity contribution in [2.24, 2.45) is 29.6 Å². The molecule has 0 unspecified atom stereocenters. The number of benzene rings is 3. The summed E-state index contributed by atoms with van der Waals surface area (Å²) in [6.45, 7) is 6.91. The third kappa shape index (κ3) is 9.45. The van der Waals surface area contributed by atoms with Gasteiger partial charge in [-0.25, -0.2) is 0 Å². The Bertz CT molecular complexity index is 1650. The topological polar surface area (TPSA) is 50.2 Å². The van der Waals surface area contributed by atoms with Crippen molar-refractivity contribution in [3.63, 3.8) is 0 Å². The Hall–Kier alpha value is -2.81. The summed E-state index contributed by atoms with van der Waals surface area (Å²) in [4.78, 5) is 17.1. The van der Waals surface area contributed by atoms with Crippen molar-refractivity contribution in [2.75, 3.05) is 0 Å². The Kier molecular flexibility index (Phi) is 14.0. The average Bonchev–Trinajstić information content (AvgIpc) is 3.09. The fourth-order valence-electron chi connectivity index (χ4n) is 7.99. The second-order valence-electron chi connectivity index (χ2n) is 14.9. The van der Waals surface area contributed by atoms with E-state index in [1.54, 1.807) is 6.08 Å². The van der Waals surface area contributed by atoms with E-state index in [1.165, 1.54) is 60.2 Å². The van der Waals surface area contributed by atoms with Crippen LogP contribution < -0.4 is 0 Å². The minimum Gasteiger partial charge on any atom is -0.512 e. The molecule has 3 aromatic carbocycles. The maximum Gasteiger partial charge on any atom is 0.162 e. The zero-order valence-corrected chi connectivity index (χ0v) is 30.9. The average molecular weight is 823 g/mol. The van der Waals surface area contributed by atoms with E-state index in [9.17, 15) is 9.90 Å². The fourth-order valence-corrected chi connectivity index (χ4v) is 7.99. The van der Waals surface area contributed by atoms with Crippen LogP contribution in [0.15, 0.2) is 78.6 Å². The molecule has 3 saturated carbocycles. The fraction of sp³-hybridized carbons (Fsp3) is 0.500. The number of fused-ring (bicyclic) bond motifs is 2. The van der Waals surface area contributed by atoms with Gasteiger partial charge in [-0.3, -0.25) is 9.78 Å². The predicted octanol–water partition coefficient (Wildman–Crippen LogP) is 12.4.